The van der Waals surface area contributed by atoms with E-state index in [1.807, 2.05) is 20.8 Å². The van der Waals surface area contributed by atoms with Crippen molar-refractivity contribution in [3.8, 4) is 0 Å². The lowest BCUT2D eigenvalue weighted by Crippen LogP contribution is -2.42. The Kier molecular flexibility index (Phi) is 5.48. The van der Waals surface area contributed by atoms with E-state index < -0.39 is 16.0 Å². The van der Waals surface area contributed by atoms with Gasteiger partial charge in [-0.05, 0) is 32.2 Å². The van der Waals surface area contributed by atoms with Gasteiger partial charge >= 0.3 is 5.97 Å². The summed E-state index contributed by atoms with van der Waals surface area (Å²) in [6.45, 7) is 5.36. The topological polar surface area (TPSA) is 113 Å². The smallest absolute Gasteiger partial charge is 0.347 e. The van der Waals surface area contributed by atoms with Gasteiger partial charge in [0.15, 0.2) is 0 Å². The average Bonchev–Trinajstić information content (AvgIpc) is 2.75. The summed E-state index contributed by atoms with van der Waals surface area (Å²) < 4.78 is 26.2. The van der Waals surface area contributed by atoms with E-state index in [1.54, 1.807) is 0 Å². The van der Waals surface area contributed by atoms with E-state index in [4.69, 9.17) is 5.11 Å². The van der Waals surface area contributed by atoms with Crippen LogP contribution in [0.4, 0.5) is 0 Å². The summed E-state index contributed by atoms with van der Waals surface area (Å²) in [5, 5.41) is 13.0. The van der Waals surface area contributed by atoms with Crippen molar-refractivity contribution in [1.82, 2.24) is 10.0 Å². The van der Waals surface area contributed by atoms with E-state index in [9.17, 15) is 18.0 Å². The van der Waals surface area contributed by atoms with Crippen LogP contribution in [0.25, 0.3) is 0 Å². The monoisotopic (exact) mass is 334 g/mol. The van der Waals surface area contributed by atoms with Crippen molar-refractivity contribution in [2.45, 2.75) is 37.6 Å². The molecule has 7 nitrogen and oxygen atoms in total. The van der Waals surface area contributed by atoms with Gasteiger partial charge in [-0.15, -0.1) is 11.3 Å². The Morgan fingerprint density at radius 2 is 1.95 bits per heavy atom. The van der Waals surface area contributed by atoms with Crippen LogP contribution in [0, 0.1) is 0 Å². The lowest BCUT2D eigenvalue weighted by molar-refractivity contribution is -0.122. The van der Waals surface area contributed by atoms with Crippen LogP contribution < -0.4 is 10.0 Å². The zero-order valence-corrected chi connectivity index (χ0v) is 13.6. The predicted octanol–water partition coefficient (Wildman–Crippen LogP) is 1.03. The third kappa shape index (κ3) is 5.44. The first kappa shape index (κ1) is 17.6. The Hall–Kier alpha value is -1.45. The van der Waals surface area contributed by atoms with Crippen molar-refractivity contribution >= 4 is 33.2 Å². The molecule has 0 aliphatic carbocycles. The Bertz CT molecular complexity index is 628. The van der Waals surface area contributed by atoms with E-state index in [0.29, 0.717) is 0 Å². The van der Waals surface area contributed by atoms with Crippen LogP contribution in [0.15, 0.2) is 16.3 Å². The number of aromatic carboxylic acids is 1. The van der Waals surface area contributed by atoms with Crippen molar-refractivity contribution in [2.75, 3.05) is 6.54 Å². The molecule has 0 saturated heterocycles. The molecule has 1 rings (SSSR count). The molecule has 0 radical (unpaired) electrons. The quantitative estimate of drug-likeness (QED) is 0.719. The molecule has 0 atom stereocenters. The lowest BCUT2D eigenvalue weighted by Gasteiger charge is -2.20. The fourth-order valence-corrected chi connectivity index (χ4v) is 3.81. The van der Waals surface area contributed by atoms with Gasteiger partial charge in [-0.2, -0.15) is 0 Å². The number of hydrogen-bond donors (Lipinski definition) is 3. The van der Waals surface area contributed by atoms with E-state index in [1.165, 1.54) is 11.4 Å². The lowest BCUT2D eigenvalue weighted by atomic mass is 10.1. The SMILES string of the molecule is CC(C)(C)NC(=O)CCNS(=O)(=O)c1ccsc1C(=O)O. The molecular formula is C12H18N2O5S2. The fraction of sp³-hybridized carbons (Fsp3) is 0.500. The normalized spacial score (nSPS) is 12.1. The Morgan fingerprint density at radius 3 is 2.48 bits per heavy atom. The molecule has 0 unspecified atom stereocenters. The van der Waals surface area contributed by atoms with Gasteiger partial charge in [-0.3, -0.25) is 4.79 Å². The van der Waals surface area contributed by atoms with E-state index in [0.717, 1.165) is 11.3 Å². The molecule has 0 fully saturated rings. The molecule has 118 valence electrons. The van der Waals surface area contributed by atoms with Gasteiger partial charge in [0.05, 0.1) is 0 Å². The van der Waals surface area contributed by atoms with Gasteiger partial charge in [0, 0.05) is 18.5 Å². The largest absolute Gasteiger partial charge is 0.477 e. The van der Waals surface area contributed by atoms with Crippen molar-refractivity contribution in [3.05, 3.63) is 16.3 Å². The van der Waals surface area contributed by atoms with Crippen molar-refractivity contribution in [3.63, 3.8) is 0 Å². The number of amides is 1. The summed E-state index contributed by atoms with van der Waals surface area (Å²) in [5.74, 6) is -1.58. The second-order valence-corrected chi connectivity index (χ2v) is 8.02. The van der Waals surface area contributed by atoms with Crippen LogP contribution in [0.1, 0.15) is 36.9 Å². The molecular weight excluding hydrogens is 316 g/mol. The summed E-state index contributed by atoms with van der Waals surface area (Å²) >= 11 is 0.834. The number of carboxylic acid groups (broad SMARTS) is 1. The maximum atomic E-state index is 12.0. The van der Waals surface area contributed by atoms with Crippen molar-refractivity contribution < 1.29 is 23.1 Å². The first-order valence-corrected chi connectivity index (χ1v) is 8.51. The van der Waals surface area contributed by atoms with Crippen LogP contribution in [0.5, 0.6) is 0 Å². The molecule has 1 aromatic heterocycles. The highest BCUT2D eigenvalue weighted by Crippen LogP contribution is 2.21. The molecule has 0 aromatic carbocycles. The van der Waals surface area contributed by atoms with Crippen molar-refractivity contribution in [2.24, 2.45) is 0 Å². The molecule has 0 aliphatic rings. The minimum Gasteiger partial charge on any atom is -0.477 e. The first-order valence-electron chi connectivity index (χ1n) is 6.14. The molecule has 0 spiro atoms. The number of carboxylic acids is 1. The molecule has 0 saturated carbocycles. The first-order chi connectivity index (χ1) is 9.53. The fourth-order valence-electron chi connectivity index (χ4n) is 1.52. The number of thiophene rings is 1. The van der Waals surface area contributed by atoms with Gasteiger partial charge in [-0.1, -0.05) is 0 Å². The molecule has 0 aliphatic heterocycles. The van der Waals surface area contributed by atoms with Crippen LogP contribution in [-0.4, -0.2) is 37.5 Å². The molecule has 9 heteroatoms. The summed E-state index contributed by atoms with van der Waals surface area (Å²) in [6, 6.07) is 1.23. The molecule has 1 heterocycles. The summed E-state index contributed by atoms with van der Waals surface area (Å²) in [5.41, 5.74) is -0.389. The third-order valence-corrected chi connectivity index (χ3v) is 4.81. The molecule has 0 bridgehead atoms. The van der Waals surface area contributed by atoms with Crippen LogP contribution in [0.2, 0.25) is 0 Å². The average molecular weight is 334 g/mol. The number of carbonyl (C=O) groups is 2. The molecule has 21 heavy (non-hydrogen) atoms. The maximum Gasteiger partial charge on any atom is 0.347 e. The molecule has 3 N–H and O–H groups in total. The summed E-state index contributed by atoms with van der Waals surface area (Å²) in [6.07, 6.45) is -0.0248. The Labute approximate surface area is 127 Å². The second kappa shape index (κ2) is 6.54. The summed E-state index contributed by atoms with van der Waals surface area (Å²) in [7, 11) is -3.93. The summed E-state index contributed by atoms with van der Waals surface area (Å²) in [4.78, 5) is 22.0. The van der Waals surface area contributed by atoms with Crippen LogP contribution >= 0.6 is 11.3 Å². The van der Waals surface area contributed by atoms with E-state index in [-0.39, 0.29) is 34.2 Å². The highest BCUT2D eigenvalue weighted by molar-refractivity contribution is 7.89. The number of carbonyl (C=O) groups excluding carboxylic acids is 1. The minimum absolute atomic E-state index is 0.0248. The van der Waals surface area contributed by atoms with Gasteiger partial charge in [0.1, 0.15) is 9.77 Å². The molecule has 1 amide bonds. The predicted molar refractivity (Wildman–Crippen MR) is 79.0 cm³/mol. The number of nitrogens with one attached hydrogen (secondary N) is 2. The number of rotatable bonds is 6. The Morgan fingerprint density at radius 1 is 1.33 bits per heavy atom. The second-order valence-electron chi connectivity index (χ2n) is 5.37. The van der Waals surface area contributed by atoms with Gasteiger partial charge in [0.2, 0.25) is 15.9 Å². The molecule has 1 aromatic rings. The third-order valence-electron chi connectivity index (χ3n) is 2.27. The van der Waals surface area contributed by atoms with Gasteiger partial charge in [0.25, 0.3) is 0 Å². The zero-order chi connectivity index (χ0) is 16.3. The highest BCUT2D eigenvalue weighted by Gasteiger charge is 2.23. The Balaban J connectivity index is 2.64. The number of hydrogen-bond acceptors (Lipinski definition) is 5. The van der Waals surface area contributed by atoms with E-state index >= 15 is 0 Å². The maximum absolute atomic E-state index is 12.0. The van der Waals surface area contributed by atoms with Crippen molar-refractivity contribution in [1.29, 1.82) is 0 Å². The highest BCUT2D eigenvalue weighted by atomic mass is 32.2. The van der Waals surface area contributed by atoms with Gasteiger partial charge < -0.3 is 10.4 Å². The number of sulfonamides is 1. The minimum atomic E-state index is -3.93. The standard InChI is InChI=1S/C12H18N2O5S2/c1-12(2,3)14-9(15)4-6-13-21(18,19)8-5-7-20-10(8)11(16)17/h5,7,13H,4,6H2,1-3H3,(H,14,15)(H,16,17). The van der Waals surface area contributed by atoms with Crippen LogP contribution in [0.3, 0.4) is 0 Å². The van der Waals surface area contributed by atoms with E-state index in [2.05, 4.69) is 10.0 Å². The zero-order valence-electron chi connectivity index (χ0n) is 12.0. The van der Waals surface area contributed by atoms with Gasteiger partial charge in [-0.25, -0.2) is 17.9 Å². The van der Waals surface area contributed by atoms with Crippen LogP contribution in [-0.2, 0) is 14.8 Å².